The van der Waals surface area contributed by atoms with Crippen LogP contribution in [0, 0.1) is 5.82 Å². The SMILES string of the molecule is CC(C)N(CC(N)=S)C(=O)c1cc(F)ccc1O. The minimum atomic E-state index is -0.588. The highest BCUT2D eigenvalue weighted by molar-refractivity contribution is 7.80. The minimum Gasteiger partial charge on any atom is -0.507 e. The van der Waals surface area contributed by atoms with Crippen LogP contribution >= 0.6 is 12.2 Å². The Morgan fingerprint density at radius 1 is 1.56 bits per heavy atom. The lowest BCUT2D eigenvalue weighted by Gasteiger charge is -2.26. The zero-order valence-corrected chi connectivity index (χ0v) is 11.0. The molecule has 1 aromatic carbocycles. The molecule has 0 bridgehead atoms. The van der Waals surface area contributed by atoms with Gasteiger partial charge in [0.15, 0.2) is 0 Å². The minimum absolute atomic E-state index is 0.0851. The van der Waals surface area contributed by atoms with Gasteiger partial charge in [0, 0.05) is 6.04 Å². The number of amides is 1. The summed E-state index contributed by atoms with van der Waals surface area (Å²) in [5, 5.41) is 9.59. The fraction of sp³-hybridized carbons (Fsp3) is 0.333. The van der Waals surface area contributed by atoms with Crippen LogP contribution < -0.4 is 5.73 Å². The quantitative estimate of drug-likeness (QED) is 0.817. The highest BCUT2D eigenvalue weighted by Gasteiger charge is 2.22. The monoisotopic (exact) mass is 270 g/mol. The summed E-state index contributed by atoms with van der Waals surface area (Å²) in [5.41, 5.74) is 5.32. The number of carbonyl (C=O) groups is 1. The van der Waals surface area contributed by atoms with Crippen LogP contribution in [0.15, 0.2) is 18.2 Å². The third-order valence-corrected chi connectivity index (χ3v) is 2.53. The van der Waals surface area contributed by atoms with E-state index in [4.69, 9.17) is 18.0 Å². The Morgan fingerprint density at radius 2 is 2.17 bits per heavy atom. The number of thiocarbonyl (C=S) groups is 1. The van der Waals surface area contributed by atoms with Gasteiger partial charge in [-0.15, -0.1) is 0 Å². The number of carbonyl (C=O) groups excluding carboxylic acids is 1. The molecule has 0 saturated carbocycles. The number of hydrogen-bond acceptors (Lipinski definition) is 3. The summed E-state index contributed by atoms with van der Waals surface area (Å²) in [6, 6.07) is 3.05. The summed E-state index contributed by atoms with van der Waals surface area (Å²) in [4.78, 5) is 13.7. The predicted molar refractivity (Wildman–Crippen MR) is 71.0 cm³/mol. The van der Waals surface area contributed by atoms with E-state index in [0.29, 0.717) is 0 Å². The topological polar surface area (TPSA) is 66.6 Å². The van der Waals surface area contributed by atoms with E-state index in [-0.39, 0.29) is 28.9 Å². The molecule has 1 aromatic rings. The average molecular weight is 270 g/mol. The van der Waals surface area contributed by atoms with Gasteiger partial charge in [-0.05, 0) is 32.0 Å². The molecule has 4 nitrogen and oxygen atoms in total. The molecule has 6 heteroatoms. The summed E-state index contributed by atoms with van der Waals surface area (Å²) in [6.45, 7) is 3.65. The van der Waals surface area contributed by atoms with Gasteiger partial charge in [0.1, 0.15) is 11.6 Å². The van der Waals surface area contributed by atoms with Crippen LogP contribution in [0.1, 0.15) is 24.2 Å². The fourth-order valence-corrected chi connectivity index (χ4v) is 1.63. The van der Waals surface area contributed by atoms with Crippen LogP contribution in [0.3, 0.4) is 0 Å². The number of phenols is 1. The Morgan fingerprint density at radius 3 is 2.67 bits per heavy atom. The van der Waals surface area contributed by atoms with Gasteiger partial charge in [-0.2, -0.15) is 0 Å². The van der Waals surface area contributed by atoms with Crippen molar-refractivity contribution >= 4 is 23.1 Å². The lowest BCUT2D eigenvalue weighted by molar-refractivity contribution is 0.0732. The first-order valence-corrected chi connectivity index (χ1v) is 5.81. The molecule has 0 aliphatic heterocycles. The highest BCUT2D eigenvalue weighted by Crippen LogP contribution is 2.20. The molecular weight excluding hydrogens is 255 g/mol. The van der Waals surface area contributed by atoms with E-state index in [0.717, 1.165) is 18.2 Å². The number of aromatic hydroxyl groups is 1. The second kappa shape index (κ2) is 5.77. The third-order valence-electron chi connectivity index (χ3n) is 2.40. The van der Waals surface area contributed by atoms with Crippen molar-refractivity contribution in [2.45, 2.75) is 19.9 Å². The lowest BCUT2D eigenvalue weighted by atomic mass is 10.1. The van der Waals surface area contributed by atoms with Crippen LogP contribution in [0.25, 0.3) is 0 Å². The van der Waals surface area contributed by atoms with E-state index in [1.807, 2.05) is 0 Å². The van der Waals surface area contributed by atoms with Gasteiger partial charge in [-0.3, -0.25) is 4.79 Å². The number of rotatable bonds is 4. The molecular formula is C12H15FN2O2S. The largest absolute Gasteiger partial charge is 0.507 e. The molecule has 0 spiro atoms. The van der Waals surface area contributed by atoms with Crippen molar-refractivity contribution in [1.29, 1.82) is 0 Å². The molecule has 0 fully saturated rings. The molecule has 98 valence electrons. The van der Waals surface area contributed by atoms with Gasteiger partial charge in [0.2, 0.25) is 0 Å². The van der Waals surface area contributed by atoms with Crippen molar-refractivity contribution in [3.63, 3.8) is 0 Å². The average Bonchev–Trinajstić information content (AvgIpc) is 2.27. The fourth-order valence-electron chi connectivity index (χ4n) is 1.49. The molecule has 0 aromatic heterocycles. The van der Waals surface area contributed by atoms with Gasteiger partial charge in [-0.1, -0.05) is 12.2 Å². The molecule has 0 unspecified atom stereocenters. The van der Waals surface area contributed by atoms with Crippen molar-refractivity contribution < 1.29 is 14.3 Å². The highest BCUT2D eigenvalue weighted by atomic mass is 32.1. The summed E-state index contributed by atoms with van der Waals surface area (Å²) in [7, 11) is 0. The maximum atomic E-state index is 13.1. The van der Waals surface area contributed by atoms with Crippen molar-refractivity contribution in [3.05, 3.63) is 29.6 Å². The second-order valence-corrected chi connectivity index (χ2v) is 4.68. The van der Waals surface area contributed by atoms with Gasteiger partial charge in [0.25, 0.3) is 5.91 Å². The number of phenolic OH excluding ortho intramolecular Hbond substituents is 1. The normalized spacial score (nSPS) is 10.4. The first-order chi connectivity index (χ1) is 8.32. The summed E-state index contributed by atoms with van der Waals surface area (Å²) in [6.07, 6.45) is 0. The number of benzene rings is 1. The molecule has 0 saturated heterocycles. The Balaban J connectivity index is 3.09. The molecule has 0 heterocycles. The first-order valence-electron chi connectivity index (χ1n) is 5.40. The van der Waals surface area contributed by atoms with E-state index in [9.17, 15) is 14.3 Å². The van der Waals surface area contributed by atoms with Gasteiger partial charge >= 0.3 is 0 Å². The second-order valence-electron chi connectivity index (χ2n) is 4.15. The molecule has 0 radical (unpaired) electrons. The molecule has 18 heavy (non-hydrogen) atoms. The molecule has 1 rings (SSSR count). The molecule has 0 atom stereocenters. The van der Waals surface area contributed by atoms with Crippen LogP contribution in [0.4, 0.5) is 4.39 Å². The zero-order valence-electron chi connectivity index (χ0n) is 10.2. The maximum absolute atomic E-state index is 13.1. The first kappa shape index (κ1) is 14.4. The van der Waals surface area contributed by atoms with E-state index >= 15 is 0 Å². The third kappa shape index (κ3) is 3.40. The molecule has 0 aliphatic rings. The van der Waals surface area contributed by atoms with Crippen molar-refractivity contribution in [2.75, 3.05) is 6.54 Å². The number of halogens is 1. The standard InChI is InChI=1S/C12H15FN2O2S/c1-7(2)15(6-11(14)18)12(17)9-5-8(13)3-4-10(9)16/h3-5,7,16H,6H2,1-2H3,(H2,14,18). The van der Waals surface area contributed by atoms with E-state index in [2.05, 4.69) is 0 Å². The molecule has 1 amide bonds. The van der Waals surface area contributed by atoms with Crippen LogP contribution in [0.2, 0.25) is 0 Å². The number of nitrogens with zero attached hydrogens (tertiary/aromatic N) is 1. The summed E-state index contributed by atoms with van der Waals surface area (Å²) in [5.74, 6) is -1.36. The summed E-state index contributed by atoms with van der Waals surface area (Å²) >= 11 is 4.77. The van der Waals surface area contributed by atoms with E-state index in [1.54, 1.807) is 13.8 Å². The Labute approximate surface area is 110 Å². The van der Waals surface area contributed by atoms with Gasteiger partial charge < -0.3 is 15.7 Å². The van der Waals surface area contributed by atoms with E-state index < -0.39 is 11.7 Å². The van der Waals surface area contributed by atoms with Gasteiger partial charge in [0.05, 0.1) is 17.1 Å². The smallest absolute Gasteiger partial charge is 0.258 e. The lowest BCUT2D eigenvalue weighted by Crippen LogP contribution is -2.42. The van der Waals surface area contributed by atoms with Crippen molar-refractivity contribution in [3.8, 4) is 5.75 Å². The Bertz CT molecular complexity index is 477. The van der Waals surface area contributed by atoms with Crippen molar-refractivity contribution in [1.82, 2.24) is 4.90 Å². The number of nitrogens with two attached hydrogens (primary N) is 1. The number of hydrogen-bond donors (Lipinski definition) is 2. The molecule has 3 N–H and O–H groups in total. The van der Waals surface area contributed by atoms with Crippen molar-refractivity contribution in [2.24, 2.45) is 5.73 Å². The zero-order chi connectivity index (χ0) is 13.9. The maximum Gasteiger partial charge on any atom is 0.258 e. The molecule has 0 aliphatic carbocycles. The van der Waals surface area contributed by atoms with E-state index in [1.165, 1.54) is 4.90 Å². The Hall–Kier alpha value is -1.69. The van der Waals surface area contributed by atoms with Crippen LogP contribution in [-0.4, -0.2) is 33.5 Å². The summed E-state index contributed by atoms with van der Waals surface area (Å²) < 4.78 is 13.1. The predicted octanol–water partition coefficient (Wildman–Crippen LogP) is 1.67. The Kier molecular flexibility index (Phi) is 4.61. The van der Waals surface area contributed by atoms with Gasteiger partial charge in [-0.25, -0.2) is 4.39 Å². The van der Waals surface area contributed by atoms with Crippen LogP contribution in [0.5, 0.6) is 5.75 Å². The van der Waals surface area contributed by atoms with Crippen LogP contribution in [-0.2, 0) is 0 Å².